The lowest BCUT2D eigenvalue weighted by molar-refractivity contribution is -0.132. The third-order valence-corrected chi connectivity index (χ3v) is 5.10. The lowest BCUT2D eigenvalue weighted by atomic mass is 10.1. The number of carbonyl (C=O) groups is 1. The van der Waals surface area contributed by atoms with E-state index >= 15 is 0 Å². The molecule has 0 saturated carbocycles. The van der Waals surface area contributed by atoms with Crippen LogP contribution < -0.4 is 0 Å². The summed E-state index contributed by atoms with van der Waals surface area (Å²) in [4.78, 5) is 16.4. The van der Waals surface area contributed by atoms with Crippen molar-refractivity contribution in [2.24, 2.45) is 0 Å². The van der Waals surface area contributed by atoms with E-state index in [1.165, 1.54) is 12.1 Å². The fraction of sp³-hybridized carbons (Fsp3) is 0.650. The number of ether oxygens (including phenoxy) is 2. The summed E-state index contributed by atoms with van der Waals surface area (Å²) in [5, 5.41) is 10.1. The van der Waals surface area contributed by atoms with Crippen molar-refractivity contribution in [3.05, 3.63) is 35.6 Å². The number of amides is 1. The largest absolute Gasteiger partial charge is 0.389 e. The highest BCUT2D eigenvalue weighted by atomic mass is 19.1. The Morgan fingerprint density at radius 1 is 1.26 bits per heavy atom. The number of β-amino-alcohol motifs (C(OH)–C–C–N with tert-alkyl or cyclic N) is 1. The molecule has 1 aromatic carbocycles. The summed E-state index contributed by atoms with van der Waals surface area (Å²) in [5.41, 5.74) is 0.822. The highest BCUT2D eigenvalue weighted by Crippen LogP contribution is 2.12. The van der Waals surface area contributed by atoms with Gasteiger partial charge in [-0.05, 0) is 30.5 Å². The molecule has 0 aliphatic carbocycles. The normalized spacial score (nSPS) is 22.1. The first-order valence-corrected chi connectivity index (χ1v) is 9.72. The van der Waals surface area contributed by atoms with Crippen molar-refractivity contribution in [1.29, 1.82) is 0 Å². The van der Waals surface area contributed by atoms with E-state index in [2.05, 4.69) is 4.90 Å². The zero-order valence-corrected chi connectivity index (χ0v) is 15.7. The summed E-state index contributed by atoms with van der Waals surface area (Å²) < 4.78 is 24.0. The smallest absolute Gasteiger partial charge is 0.227 e. The van der Waals surface area contributed by atoms with Crippen LogP contribution in [-0.2, 0) is 20.7 Å². The van der Waals surface area contributed by atoms with E-state index in [9.17, 15) is 14.3 Å². The van der Waals surface area contributed by atoms with Gasteiger partial charge in [-0.15, -0.1) is 0 Å². The highest BCUT2D eigenvalue weighted by molar-refractivity contribution is 5.78. The van der Waals surface area contributed by atoms with Crippen LogP contribution in [0.5, 0.6) is 0 Å². The van der Waals surface area contributed by atoms with Crippen molar-refractivity contribution in [1.82, 2.24) is 9.80 Å². The molecule has 2 aliphatic heterocycles. The second kappa shape index (κ2) is 10.1. The fourth-order valence-corrected chi connectivity index (χ4v) is 3.53. The molecule has 2 atom stereocenters. The minimum Gasteiger partial charge on any atom is -0.389 e. The van der Waals surface area contributed by atoms with Crippen LogP contribution in [0.15, 0.2) is 24.3 Å². The first kappa shape index (κ1) is 20.2. The summed E-state index contributed by atoms with van der Waals surface area (Å²) in [6.45, 7) is 4.96. The second-order valence-electron chi connectivity index (χ2n) is 7.31. The lowest BCUT2D eigenvalue weighted by Crippen LogP contribution is -2.51. The third kappa shape index (κ3) is 6.53. The van der Waals surface area contributed by atoms with Crippen LogP contribution in [0.4, 0.5) is 4.39 Å². The number of hydrogen-bond acceptors (Lipinski definition) is 5. The number of nitrogens with zero attached hydrogens (tertiary/aromatic N) is 2. The summed E-state index contributed by atoms with van der Waals surface area (Å²) in [5.74, 6) is -0.236. The SMILES string of the molecule is O=C(Cc1ccc(F)cc1)N1CCN(CC(O)COCC2CCCO2)CC1. The average molecular weight is 380 g/mol. The molecule has 2 fully saturated rings. The van der Waals surface area contributed by atoms with Crippen molar-refractivity contribution in [2.45, 2.75) is 31.5 Å². The highest BCUT2D eigenvalue weighted by Gasteiger charge is 2.23. The van der Waals surface area contributed by atoms with Crippen LogP contribution in [0, 0.1) is 5.82 Å². The van der Waals surface area contributed by atoms with E-state index in [4.69, 9.17) is 9.47 Å². The van der Waals surface area contributed by atoms with Crippen LogP contribution in [0.3, 0.4) is 0 Å². The van der Waals surface area contributed by atoms with Crippen molar-refractivity contribution in [2.75, 3.05) is 52.5 Å². The van der Waals surface area contributed by atoms with Crippen molar-refractivity contribution in [3.63, 3.8) is 0 Å². The van der Waals surface area contributed by atoms with Gasteiger partial charge in [0.2, 0.25) is 5.91 Å². The van der Waals surface area contributed by atoms with Crippen LogP contribution in [-0.4, -0.2) is 85.6 Å². The van der Waals surface area contributed by atoms with Gasteiger partial charge in [0.1, 0.15) is 5.82 Å². The third-order valence-electron chi connectivity index (χ3n) is 5.10. The maximum atomic E-state index is 12.9. The Kier molecular flexibility index (Phi) is 7.58. The van der Waals surface area contributed by atoms with Gasteiger partial charge in [0.05, 0.1) is 31.8 Å². The van der Waals surface area contributed by atoms with Gasteiger partial charge in [-0.3, -0.25) is 9.69 Å². The minimum absolute atomic E-state index is 0.0571. The van der Waals surface area contributed by atoms with Crippen LogP contribution >= 0.6 is 0 Å². The molecule has 27 heavy (non-hydrogen) atoms. The van der Waals surface area contributed by atoms with Crippen molar-refractivity contribution >= 4 is 5.91 Å². The number of aliphatic hydroxyl groups excluding tert-OH is 1. The van der Waals surface area contributed by atoms with Gasteiger partial charge in [0.25, 0.3) is 0 Å². The molecule has 2 aliphatic rings. The Hall–Kier alpha value is -1.54. The molecule has 2 unspecified atom stereocenters. The Bertz CT molecular complexity index is 584. The van der Waals surface area contributed by atoms with Crippen LogP contribution in [0.2, 0.25) is 0 Å². The maximum Gasteiger partial charge on any atom is 0.227 e. The molecule has 3 rings (SSSR count). The number of rotatable bonds is 8. The van der Waals surface area contributed by atoms with Crippen molar-refractivity contribution in [3.8, 4) is 0 Å². The summed E-state index contributed by atoms with van der Waals surface area (Å²) in [6.07, 6.45) is 2.05. The molecule has 0 radical (unpaired) electrons. The average Bonchev–Trinajstić information content (AvgIpc) is 3.17. The fourth-order valence-electron chi connectivity index (χ4n) is 3.53. The predicted octanol–water partition coefficient (Wildman–Crippen LogP) is 1.07. The summed E-state index contributed by atoms with van der Waals surface area (Å²) in [6, 6.07) is 6.05. The molecule has 0 aromatic heterocycles. The molecule has 7 heteroatoms. The molecule has 2 saturated heterocycles. The molecule has 0 spiro atoms. The number of carbonyl (C=O) groups excluding carboxylic acids is 1. The lowest BCUT2D eigenvalue weighted by Gasteiger charge is -2.35. The first-order valence-electron chi connectivity index (χ1n) is 9.72. The number of hydrogen-bond donors (Lipinski definition) is 1. The number of piperazine rings is 1. The molecule has 1 aromatic rings. The van der Waals surface area contributed by atoms with Crippen molar-refractivity contribution < 1.29 is 23.8 Å². The Morgan fingerprint density at radius 2 is 2.00 bits per heavy atom. The number of benzene rings is 1. The standard InChI is InChI=1S/C20H29FN2O4/c21-17-5-3-16(4-6-17)12-20(25)23-9-7-22(8-10-23)13-18(24)14-26-15-19-2-1-11-27-19/h3-6,18-19,24H,1-2,7-15H2. The molecular weight excluding hydrogens is 351 g/mol. The number of halogens is 1. The predicted molar refractivity (Wildman–Crippen MR) is 98.9 cm³/mol. The zero-order chi connectivity index (χ0) is 19.1. The van der Waals surface area contributed by atoms with Gasteiger partial charge in [-0.25, -0.2) is 4.39 Å². The van der Waals surface area contributed by atoms with Gasteiger partial charge in [-0.1, -0.05) is 12.1 Å². The molecule has 150 valence electrons. The summed E-state index contributed by atoms with van der Waals surface area (Å²) in [7, 11) is 0. The van der Waals surface area contributed by atoms with E-state index in [0.29, 0.717) is 39.3 Å². The number of aliphatic hydroxyl groups is 1. The van der Waals surface area contributed by atoms with Crippen LogP contribution in [0.25, 0.3) is 0 Å². The minimum atomic E-state index is -0.534. The second-order valence-corrected chi connectivity index (χ2v) is 7.31. The molecule has 1 amide bonds. The van der Waals surface area contributed by atoms with Gasteiger partial charge >= 0.3 is 0 Å². The zero-order valence-electron chi connectivity index (χ0n) is 15.7. The van der Waals surface area contributed by atoms with Crippen LogP contribution in [0.1, 0.15) is 18.4 Å². The van der Waals surface area contributed by atoms with Gasteiger partial charge < -0.3 is 19.5 Å². The summed E-state index contributed by atoms with van der Waals surface area (Å²) >= 11 is 0. The Morgan fingerprint density at radius 3 is 2.67 bits per heavy atom. The van der Waals surface area contributed by atoms with E-state index in [-0.39, 0.29) is 17.8 Å². The first-order chi connectivity index (χ1) is 13.1. The molecular formula is C20H29FN2O4. The molecule has 2 heterocycles. The topological polar surface area (TPSA) is 62.2 Å². The molecule has 0 bridgehead atoms. The monoisotopic (exact) mass is 380 g/mol. The van der Waals surface area contributed by atoms with E-state index in [0.717, 1.165) is 38.1 Å². The Balaban J connectivity index is 1.31. The van der Waals surface area contributed by atoms with Gasteiger partial charge in [0.15, 0.2) is 0 Å². The molecule has 6 nitrogen and oxygen atoms in total. The van der Waals surface area contributed by atoms with E-state index < -0.39 is 6.10 Å². The Labute approximate surface area is 159 Å². The molecule has 1 N–H and O–H groups in total. The van der Waals surface area contributed by atoms with Gasteiger partial charge in [0, 0.05) is 39.3 Å². The van der Waals surface area contributed by atoms with E-state index in [1.54, 1.807) is 12.1 Å². The van der Waals surface area contributed by atoms with E-state index in [1.807, 2.05) is 4.90 Å². The maximum absolute atomic E-state index is 12.9. The van der Waals surface area contributed by atoms with Gasteiger partial charge in [-0.2, -0.15) is 0 Å². The quantitative estimate of drug-likeness (QED) is 0.731.